The molecule has 3 aromatic rings. The van der Waals surface area contributed by atoms with Gasteiger partial charge in [-0.3, -0.25) is 0 Å². The Balaban J connectivity index is 1.67. The summed E-state index contributed by atoms with van der Waals surface area (Å²) in [7, 11) is 5.38. The zero-order valence-corrected chi connectivity index (χ0v) is 18.2. The maximum Gasteiger partial charge on any atom is 0.130 e. The molecule has 3 heteroatoms. The van der Waals surface area contributed by atoms with Gasteiger partial charge in [0, 0.05) is 5.30 Å². The van der Waals surface area contributed by atoms with Gasteiger partial charge in [-0.25, -0.2) is 4.39 Å². The van der Waals surface area contributed by atoms with Crippen LogP contribution < -0.4 is 10.6 Å². The summed E-state index contributed by atoms with van der Waals surface area (Å²) in [6.45, 7) is 2.32. The standard InChI is InChI=1S/C24H27FP2/c1-2-15-3-5-16(6-4-15)17-7-10-20-18(13-17)8-11-21(24(20)27)19-9-12-22(25)23(26)14-19/h7-16H,2-6,26-27H2,1H3. The topological polar surface area (TPSA) is 0 Å². The van der Waals surface area contributed by atoms with Crippen LogP contribution >= 0.6 is 18.5 Å². The van der Waals surface area contributed by atoms with E-state index in [-0.39, 0.29) is 5.82 Å². The molecule has 0 heterocycles. The highest BCUT2D eigenvalue weighted by Crippen LogP contribution is 2.38. The Hall–Kier alpha value is -1.29. The van der Waals surface area contributed by atoms with Crippen molar-refractivity contribution in [1.29, 1.82) is 0 Å². The molecule has 0 nitrogen and oxygen atoms in total. The average Bonchev–Trinajstić information content (AvgIpc) is 2.70. The number of halogens is 1. The van der Waals surface area contributed by atoms with E-state index in [1.807, 2.05) is 12.1 Å². The van der Waals surface area contributed by atoms with Gasteiger partial charge < -0.3 is 0 Å². The minimum Gasteiger partial charge on any atom is -0.206 e. The molecule has 27 heavy (non-hydrogen) atoms. The van der Waals surface area contributed by atoms with Gasteiger partial charge in [-0.15, -0.1) is 18.5 Å². The van der Waals surface area contributed by atoms with E-state index < -0.39 is 0 Å². The first-order valence-corrected chi connectivity index (χ1v) is 11.1. The van der Waals surface area contributed by atoms with Gasteiger partial charge in [0.1, 0.15) is 5.82 Å². The predicted molar refractivity (Wildman–Crippen MR) is 123 cm³/mol. The molecule has 0 amide bonds. The Bertz CT molecular complexity index is 972. The Morgan fingerprint density at radius 3 is 2.41 bits per heavy atom. The van der Waals surface area contributed by atoms with E-state index in [0.717, 1.165) is 17.0 Å². The molecule has 1 saturated carbocycles. The van der Waals surface area contributed by atoms with Crippen LogP contribution in [-0.2, 0) is 0 Å². The fraction of sp³-hybridized carbons (Fsp3) is 0.333. The van der Waals surface area contributed by atoms with Crippen molar-refractivity contribution in [2.24, 2.45) is 5.92 Å². The number of hydrogen-bond acceptors (Lipinski definition) is 0. The second-order valence-electron chi connectivity index (χ2n) is 7.87. The molecular formula is C24H27FP2. The van der Waals surface area contributed by atoms with Crippen molar-refractivity contribution in [1.82, 2.24) is 0 Å². The molecule has 4 rings (SSSR count). The van der Waals surface area contributed by atoms with Crippen LogP contribution in [0.2, 0.25) is 0 Å². The van der Waals surface area contributed by atoms with Crippen molar-refractivity contribution >= 4 is 39.9 Å². The first kappa shape index (κ1) is 19.0. The van der Waals surface area contributed by atoms with Gasteiger partial charge in [0.15, 0.2) is 0 Å². The van der Waals surface area contributed by atoms with Gasteiger partial charge in [0.25, 0.3) is 0 Å². The second kappa shape index (κ2) is 7.98. The molecule has 140 valence electrons. The summed E-state index contributed by atoms with van der Waals surface area (Å²) in [5.74, 6) is 1.46. The van der Waals surface area contributed by atoms with Crippen LogP contribution in [0.25, 0.3) is 21.9 Å². The molecule has 0 N–H and O–H groups in total. The lowest BCUT2D eigenvalue weighted by molar-refractivity contribution is 0.319. The van der Waals surface area contributed by atoms with Crippen molar-refractivity contribution < 1.29 is 4.39 Å². The number of rotatable bonds is 3. The molecule has 1 aliphatic rings. The van der Waals surface area contributed by atoms with Gasteiger partial charge in [-0.1, -0.05) is 49.7 Å². The highest BCUT2D eigenvalue weighted by Gasteiger charge is 2.21. The van der Waals surface area contributed by atoms with Crippen LogP contribution in [0.15, 0.2) is 48.5 Å². The minimum atomic E-state index is -0.183. The van der Waals surface area contributed by atoms with Gasteiger partial charge in [-0.2, -0.15) is 0 Å². The largest absolute Gasteiger partial charge is 0.206 e. The molecular weight excluding hydrogens is 369 g/mol. The Kier molecular flexibility index (Phi) is 5.63. The summed E-state index contributed by atoms with van der Waals surface area (Å²) in [4.78, 5) is 0. The second-order valence-corrected chi connectivity index (χ2v) is 9.07. The van der Waals surface area contributed by atoms with Crippen LogP contribution in [0.4, 0.5) is 4.39 Å². The lowest BCUT2D eigenvalue weighted by Gasteiger charge is -2.28. The van der Waals surface area contributed by atoms with E-state index in [1.165, 1.54) is 53.7 Å². The Morgan fingerprint density at radius 1 is 0.926 bits per heavy atom. The van der Waals surface area contributed by atoms with E-state index in [0.29, 0.717) is 11.2 Å². The lowest BCUT2D eigenvalue weighted by Crippen LogP contribution is -2.12. The Morgan fingerprint density at radius 2 is 1.70 bits per heavy atom. The summed E-state index contributed by atoms with van der Waals surface area (Å²) in [6.07, 6.45) is 6.71. The molecule has 3 aromatic carbocycles. The fourth-order valence-electron chi connectivity index (χ4n) is 4.49. The first-order valence-electron chi connectivity index (χ1n) is 9.94. The number of fused-ring (bicyclic) bond motifs is 1. The van der Waals surface area contributed by atoms with E-state index in [2.05, 4.69) is 55.7 Å². The summed E-state index contributed by atoms with van der Waals surface area (Å²) < 4.78 is 13.6. The van der Waals surface area contributed by atoms with Crippen LogP contribution in [0.5, 0.6) is 0 Å². The zero-order chi connectivity index (χ0) is 19.0. The molecule has 0 saturated heterocycles. The highest BCUT2D eigenvalue weighted by atomic mass is 31.0. The van der Waals surface area contributed by atoms with Crippen LogP contribution in [0.3, 0.4) is 0 Å². The van der Waals surface area contributed by atoms with Crippen LogP contribution in [0.1, 0.15) is 50.5 Å². The van der Waals surface area contributed by atoms with Crippen LogP contribution in [-0.4, -0.2) is 0 Å². The molecule has 0 bridgehead atoms. The van der Waals surface area contributed by atoms with Crippen molar-refractivity contribution in [3.8, 4) is 11.1 Å². The lowest BCUT2D eigenvalue weighted by atomic mass is 9.77. The third-order valence-electron chi connectivity index (χ3n) is 6.29. The smallest absolute Gasteiger partial charge is 0.130 e. The highest BCUT2D eigenvalue weighted by molar-refractivity contribution is 7.29. The minimum absolute atomic E-state index is 0.183. The van der Waals surface area contributed by atoms with Crippen molar-refractivity contribution in [2.75, 3.05) is 0 Å². The SMILES string of the molecule is CCC1CCC(c2ccc3c(P)c(-c4ccc(F)c(P)c4)ccc3c2)CC1. The molecule has 1 fully saturated rings. The van der Waals surface area contributed by atoms with E-state index in [4.69, 9.17) is 0 Å². The molecule has 0 spiro atoms. The van der Waals surface area contributed by atoms with E-state index >= 15 is 0 Å². The summed E-state index contributed by atoms with van der Waals surface area (Å²) >= 11 is 0. The summed E-state index contributed by atoms with van der Waals surface area (Å²) in [6, 6.07) is 16.7. The van der Waals surface area contributed by atoms with Crippen molar-refractivity contribution in [3.63, 3.8) is 0 Å². The quantitative estimate of drug-likeness (QED) is 0.454. The monoisotopic (exact) mass is 396 g/mol. The van der Waals surface area contributed by atoms with Crippen molar-refractivity contribution in [2.45, 2.75) is 44.9 Å². The maximum atomic E-state index is 13.6. The van der Waals surface area contributed by atoms with Crippen LogP contribution in [0, 0.1) is 11.7 Å². The van der Waals surface area contributed by atoms with Gasteiger partial charge >= 0.3 is 0 Å². The zero-order valence-electron chi connectivity index (χ0n) is 15.8. The van der Waals surface area contributed by atoms with E-state index in [9.17, 15) is 4.39 Å². The third-order valence-corrected chi connectivity index (χ3v) is 7.35. The third kappa shape index (κ3) is 3.83. The molecule has 2 unspecified atom stereocenters. The molecule has 0 aliphatic heterocycles. The average molecular weight is 396 g/mol. The number of benzene rings is 3. The summed E-state index contributed by atoms with van der Waals surface area (Å²) in [5, 5.41) is 4.35. The number of hydrogen-bond donors (Lipinski definition) is 0. The van der Waals surface area contributed by atoms with Gasteiger partial charge in [0.2, 0.25) is 0 Å². The van der Waals surface area contributed by atoms with Gasteiger partial charge in [0.05, 0.1) is 0 Å². The maximum absolute atomic E-state index is 13.6. The molecule has 0 aromatic heterocycles. The van der Waals surface area contributed by atoms with E-state index in [1.54, 1.807) is 6.07 Å². The molecule has 0 radical (unpaired) electrons. The molecule has 2 atom stereocenters. The predicted octanol–water partition coefficient (Wildman–Crippen LogP) is 6.33. The first-order chi connectivity index (χ1) is 13.1. The Labute approximate surface area is 166 Å². The van der Waals surface area contributed by atoms with Gasteiger partial charge in [-0.05, 0) is 82.4 Å². The molecule has 1 aliphatic carbocycles. The fourth-order valence-corrected chi connectivity index (χ4v) is 5.29. The van der Waals surface area contributed by atoms with Crippen molar-refractivity contribution in [3.05, 3.63) is 59.9 Å². The summed E-state index contributed by atoms with van der Waals surface area (Å²) in [5.41, 5.74) is 3.69. The normalized spacial score (nSPS) is 20.1.